The Balaban J connectivity index is 1.14. The number of benzene rings is 3. The molecule has 0 spiro atoms. The molecule has 3 aromatic rings. The van der Waals surface area contributed by atoms with Gasteiger partial charge in [0.2, 0.25) is 11.8 Å². The summed E-state index contributed by atoms with van der Waals surface area (Å²) in [4.78, 5) is 27.8. The van der Waals surface area contributed by atoms with Gasteiger partial charge in [0.1, 0.15) is 5.75 Å². The molecule has 0 bridgehead atoms. The van der Waals surface area contributed by atoms with E-state index < -0.39 is 11.7 Å². The van der Waals surface area contributed by atoms with Gasteiger partial charge in [-0.15, -0.1) is 0 Å². The Morgan fingerprint density at radius 2 is 1.61 bits per heavy atom. The highest BCUT2D eigenvalue weighted by Gasteiger charge is 2.44. The molecule has 5 rings (SSSR count). The maximum absolute atomic E-state index is 13.7. The van der Waals surface area contributed by atoms with Crippen molar-refractivity contribution in [3.05, 3.63) is 90.0 Å². The van der Waals surface area contributed by atoms with Crippen molar-refractivity contribution in [1.29, 1.82) is 0 Å². The summed E-state index contributed by atoms with van der Waals surface area (Å²) >= 11 is 0. The van der Waals surface area contributed by atoms with Crippen LogP contribution in [0.25, 0.3) is 11.1 Å². The normalized spacial score (nSPS) is 17.9. The number of unbranched alkanes of at least 4 members (excludes halogenated alkanes) is 1. The van der Waals surface area contributed by atoms with Crippen molar-refractivity contribution in [2.45, 2.75) is 63.2 Å². The van der Waals surface area contributed by atoms with E-state index in [0.29, 0.717) is 13.0 Å². The number of carbonyl (C=O) groups is 2. The molecule has 2 atom stereocenters. The number of nitrogens with zero attached hydrogens (tertiary/aromatic N) is 1. The minimum Gasteiger partial charge on any atom is -0.493 e. The van der Waals surface area contributed by atoms with E-state index in [0.717, 1.165) is 73.3 Å². The van der Waals surface area contributed by atoms with Gasteiger partial charge in [-0.3, -0.25) is 9.59 Å². The van der Waals surface area contributed by atoms with Crippen LogP contribution >= 0.6 is 0 Å². The standard InChI is InChI=1S/C34H40FN3O3/c1-25(35)36-33(40)23-34(30-15-7-5-13-28(30)29-14-6-8-16-31(29)34)19-9-10-20-38-21-17-26(24-38)37-32(39)18-22-41-27-11-3-2-4-12-27/h2-8,11-16,25-26H,9-10,17-24H2,1H3,(H,36,40)(H,37,39). The first kappa shape index (κ1) is 28.8. The van der Waals surface area contributed by atoms with Gasteiger partial charge in [-0.2, -0.15) is 0 Å². The summed E-state index contributed by atoms with van der Waals surface area (Å²) in [5.74, 6) is 0.532. The van der Waals surface area contributed by atoms with Crippen LogP contribution in [0.4, 0.5) is 4.39 Å². The van der Waals surface area contributed by atoms with Crippen LogP contribution in [0.1, 0.15) is 56.6 Å². The molecule has 216 valence electrons. The molecule has 1 aliphatic heterocycles. The van der Waals surface area contributed by atoms with E-state index in [2.05, 4.69) is 39.8 Å². The van der Waals surface area contributed by atoms with Gasteiger partial charge in [0, 0.05) is 31.0 Å². The number of para-hydroxylation sites is 1. The molecule has 6 nitrogen and oxygen atoms in total. The summed E-state index contributed by atoms with van der Waals surface area (Å²) in [5.41, 5.74) is 4.16. The molecule has 1 heterocycles. The third-order valence-corrected chi connectivity index (χ3v) is 8.30. The minimum atomic E-state index is -1.38. The summed E-state index contributed by atoms with van der Waals surface area (Å²) in [5, 5.41) is 5.64. The third-order valence-electron chi connectivity index (χ3n) is 8.30. The highest BCUT2D eigenvalue weighted by molar-refractivity contribution is 5.86. The highest BCUT2D eigenvalue weighted by atomic mass is 19.1. The zero-order valence-corrected chi connectivity index (χ0v) is 23.8. The van der Waals surface area contributed by atoms with E-state index in [-0.39, 0.29) is 24.3 Å². The first-order valence-electron chi connectivity index (χ1n) is 14.8. The molecule has 41 heavy (non-hydrogen) atoms. The molecule has 2 amide bonds. The maximum atomic E-state index is 13.7. The molecule has 2 N–H and O–H groups in total. The topological polar surface area (TPSA) is 70.7 Å². The zero-order valence-electron chi connectivity index (χ0n) is 23.8. The zero-order chi connectivity index (χ0) is 28.7. The average Bonchev–Trinajstić information content (AvgIpc) is 3.52. The number of halogens is 1. The number of alkyl halides is 1. The molecule has 0 saturated carbocycles. The summed E-state index contributed by atoms with van der Waals surface area (Å²) in [6.07, 6.45) is 2.85. The second-order valence-corrected chi connectivity index (χ2v) is 11.3. The number of hydrogen-bond donors (Lipinski definition) is 2. The van der Waals surface area contributed by atoms with E-state index in [4.69, 9.17) is 4.74 Å². The van der Waals surface area contributed by atoms with Crippen LogP contribution in [-0.2, 0) is 15.0 Å². The number of amides is 2. The number of likely N-dealkylation sites (tertiary alicyclic amines) is 1. The van der Waals surface area contributed by atoms with E-state index in [1.807, 2.05) is 54.6 Å². The number of ether oxygens (including phenoxy) is 1. The molecule has 2 aliphatic rings. The molecular formula is C34H40FN3O3. The number of carbonyl (C=O) groups excluding carboxylic acids is 2. The first-order chi connectivity index (χ1) is 19.9. The Hall–Kier alpha value is -3.71. The van der Waals surface area contributed by atoms with Crippen LogP contribution in [0.5, 0.6) is 5.75 Å². The Bertz CT molecular complexity index is 1280. The average molecular weight is 558 g/mol. The van der Waals surface area contributed by atoms with Gasteiger partial charge in [0.15, 0.2) is 6.30 Å². The lowest BCUT2D eigenvalue weighted by molar-refractivity contribution is -0.124. The van der Waals surface area contributed by atoms with E-state index in [1.54, 1.807) is 0 Å². The molecule has 3 aromatic carbocycles. The molecule has 0 aromatic heterocycles. The Morgan fingerprint density at radius 1 is 0.951 bits per heavy atom. The molecule has 0 radical (unpaired) electrons. The Kier molecular flexibility index (Phi) is 9.35. The van der Waals surface area contributed by atoms with Crippen molar-refractivity contribution in [3.63, 3.8) is 0 Å². The molecule has 1 aliphatic carbocycles. The van der Waals surface area contributed by atoms with E-state index in [1.165, 1.54) is 6.92 Å². The lowest BCUT2D eigenvalue weighted by atomic mass is 9.71. The van der Waals surface area contributed by atoms with Crippen LogP contribution in [-0.4, -0.2) is 55.3 Å². The van der Waals surface area contributed by atoms with Gasteiger partial charge in [0.25, 0.3) is 0 Å². The second-order valence-electron chi connectivity index (χ2n) is 11.3. The predicted octanol–water partition coefficient (Wildman–Crippen LogP) is 5.60. The van der Waals surface area contributed by atoms with Crippen LogP contribution in [0.15, 0.2) is 78.9 Å². The van der Waals surface area contributed by atoms with Gasteiger partial charge in [0.05, 0.1) is 13.0 Å². The SMILES string of the molecule is CC(F)NC(=O)CC1(CCCCN2CCC(NC(=O)CCOc3ccccc3)C2)c2ccccc2-c2ccccc21. The van der Waals surface area contributed by atoms with Crippen LogP contribution in [0, 0.1) is 0 Å². The van der Waals surface area contributed by atoms with Crippen LogP contribution in [0.3, 0.4) is 0 Å². The van der Waals surface area contributed by atoms with Gasteiger partial charge < -0.3 is 20.3 Å². The summed E-state index contributed by atoms with van der Waals surface area (Å²) < 4.78 is 19.3. The van der Waals surface area contributed by atoms with Gasteiger partial charge >= 0.3 is 0 Å². The smallest absolute Gasteiger partial charge is 0.223 e. The number of hydrogen-bond acceptors (Lipinski definition) is 4. The van der Waals surface area contributed by atoms with Crippen LogP contribution < -0.4 is 15.4 Å². The predicted molar refractivity (Wildman–Crippen MR) is 159 cm³/mol. The summed E-state index contributed by atoms with van der Waals surface area (Å²) in [6.45, 7) is 4.46. The van der Waals surface area contributed by atoms with Crippen molar-refractivity contribution in [3.8, 4) is 16.9 Å². The second kappa shape index (κ2) is 13.3. The quantitative estimate of drug-likeness (QED) is 0.212. The fraction of sp³-hybridized carbons (Fsp3) is 0.412. The molecule has 1 saturated heterocycles. The Labute approximate surface area is 242 Å². The fourth-order valence-electron chi connectivity index (χ4n) is 6.50. The number of fused-ring (bicyclic) bond motifs is 3. The van der Waals surface area contributed by atoms with Crippen molar-refractivity contribution in [2.75, 3.05) is 26.2 Å². The van der Waals surface area contributed by atoms with Crippen molar-refractivity contribution in [2.24, 2.45) is 0 Å². The maximum Gasteiger partial charge on any atom is 0.223 e. The van der Waals surface area contributed by atoms with Crippen molar-refractivity contribution in [1.82, 2.24) is 15.5 Å². The monoisotopic (exact) mass is 557 g/mol. The molecule has 1 fully saturated rings. The van der Waals surface area contributed by atoms with Gasteiger partial charge in [-0.25, -0.2) is 4.39 Å². The van der Waals surface area contributed by atoms with Crippen molar-refractivity contribution < 1.29 is 18.7 Å². The van der Waals surface area contributed by atoms with Crippen molar-refractivity contribution >= 4 is 11.8 Å². The molecular weight excluding hydrogens is 517 g/mol. The van der Waals surface area contributed by atoms with E-state index >= 15 is 0 Å². The van der Waals surface area contributed by atoms with Gasteiger partial charge in [-0.05, 0) is 67.1 Å². The molecule has 7 heteroatoms. The first-order valence-corrected chi connectivity index (χ1v) is 14.8. The number of rotatable bonds is 13. The summed E-state index contributed by atoms with van der Waals surface area (Å²) in [7, 11) is 0. The fourth-order valence-corrected chi connectivity index (χ4v) is 6.50. The lowest BCUT2D eigenvalue weighted by Gasteiger charge is -2.32. The number of nitrogens with one attached hydrogen (secondary N) is 2. The van der Waals surface area contributed by atoms with E-state index in [9.17, 15) is 14.0 Å². The highest BCUT2D eigenvalue weighted by Crippen LogP contribution is 2.53. The van der Waals surface area contributed by atoms with Crippen LogP contribution in [0.2, 0.25) is 0 Å². The largest absolute Gasteiger partial charge is 0.493 e. The molecule has 2 unspecified atom stereocenters. The lowest BCUT2D eigenvalue weighted by Crippen LogP contribution is -2.38. The summed E-state index contributed by atoms with van der Waals surface area (Å²) in [6, 6.07) is 26.3. The third kappa shape index (κ3) is 6.96. The van der Waals surface area contributed by atoms with Gasteiger partial charge in [-0.1, -0.05) is 73.2 Å². The minimum absolute atomic E-state index is 0.0224. The Morgan fingerprint density at radius 3 is 2.29 bits per heavy atom.